The highest BCUT2D eigenvalue weighted by Gasteiger charge is 2.38. The number of ether oxygens (including phenoxy) is 4. The molecule has 1 saturated heterocycles. The number of nitrogens with zero attached hydrogens (tertiary/aromatic N) is 11. The lowest BCUT2D eigenvalue weighted by Crippen LogP contribution is -2.35. The van der Waals surface area contributed by atoms with Gasteiger partial charge in [0.25, 0.3) is 11.8 Å². The minimum absolute atomic E-state index is 0.000974. The summed E-state index contributed by atoms with van der Waals surface area (Å²) < 4.78 is 37.7. The summed E-state index contributed by atoms with van der Waals surface area (Å²) in [5, 5.41) is 25.3. The van der Waals surface area contributed by atoms with Gasteiger partial charge >= 0.3 is 24.1 Å². The van der Waals surface area contributed by atoms with E-state index in [1.54, 1.807) is 48.7 Å². The molecule has 0 radical (unpaired) electrons. The number of carboxylic acids is 1. The standard InChI is InChI=1S/C25H21BrN6O3S.C22H15BrFN5O4S.C20H12ClN5O4S/c26-16-2-1-3-18(12-16)32-22-19-20(30-25(32)34)21(36-24(19)28-14-27-22)23(33)29-17-6-4-15(5-7-17)13-31-8-10-35-11-9-31;1-32-14-6-4-11(8-15(14)33-2)27-20(30)18-17-16-19(25-9-26-21(16)34-18)29(22(31)28-17)13-5-3-10(23)7-12(13)24;21-12-7-11(4-5-13(12)30-8-10-3-1-2-6-22-10)26-17-14-15(25-20(26)29)16(19(27)28)31-18(14)24-9-23-17/h1-7,12,14H,8-11,13H2,(H,29,33)(H,30,34);3-9H,1-2H3,(H,27,30)(H,28,31);1-7,9H,8H2,(H,25,29)(H,27,28). The first-order valence-electron chi connectivity index (χ1n) is 30.2. The third-order valence-electron chi connectivity index (χ3n) is 15.8. The highest BCUT2D eigenvalue weighted by Crippen LogP contribution is 2.49. The lowest BCUT2D eigenvalue weighted by atomic mass is 10.1. The van der Waals surface area contributed by atoms with Crippen LogP contribution in [0.1, 0.15) is 40.3 Å². The predicted molar refractivity (Wildman–Crippen MR) is 389 cm³/mol. The van der Waals surface area contributed by atoms with E-state index >= 15 is 0 Å². The molecule has 0 saturated carbocycles. The van der Waals surface area contributed by atoms with Gasteiger partial charge in [0.05, 0.1) is 88.4 Å². The number of aromatic nitrogens is 7. The molecule has 0 atom stereocenters. The first-order valence-corrected chi connectivity index (χ1v) is 34.6. The number of carbonyl (C=O) groups is 6. The Morgan fingerprint density at radius 1 is 0.594 bits per heavy atom. The van der Waals surface area contributed by atoms with Crippen molar-refractivity contribution in [2.45, 2.75) is 13.2 Å². The van der Waals surface area contributed by atoms with Crippen molar-refractivity contribution >= 4 is 207 Å². The summed E-state index contributed by atoms with van der Waals surface area (Å²) in [5.41, 5.74) is 5.10. The van der Waals surface area contributed by atoms with E-state index in [0.29, 0.717) is 96.5 Å². The lowest BCUT2D eigenvalue weighted by molar-refractivity contribution is 0.0342. The van der Waals surface area contributed by atoms with Crippen LogP contribution in [0.3, 0.4) is 0 Å². The number of urea groups is 3. The summed E-state index contributed by atoms with van der Waals surface area (Å²) in [6.07, 6.45) is 5.66. The molecule has 0 aliphatic carbocycles. The fraction of sp³-hybridized carbons (Fsp3) is 0.119. The fourth-order valence-corrected chi connectivity index (χ4v) is 15.1. The third kappa shape index (κ3) is 13.6. The van der Waals surface area contributed by atoms with Gasteiger partial charge in [0.15, 0.2) is 29.0 Å². The van der Waals surface area contributed by atoms with Crippen LogP contribution in [-0.2, 0) is 17.9 Å². The zero-order valence-corrected chi connectivity index (χ0v) is 58.7. The summed E-state index contributed by atoms with van der Waals surface area (Å²) in [7, 11) is 3.01. The number of thiophene rings is 3. The lowest BCUT2D eigenvalue weighted by Gasteiger charge is -2.27. The van der Waals surface area contributed by atoms with E-state index in [-0.39, 0.29) is 57.0 Å². The first-order chi connectivity index (χ1) is 49.0. The number of anilines is 11. The molecule has 34 heteroatoms. The minimum Gasteiger partial charge on any atom is -0.493 e. The monoisotopic (exact) mass is 1560 g/mol. The highest BCUT2D eigenvalue weighted by molar-refractivity contribution is 9.10. The zero-order chi connectivity index (χ0) is 70.2. The maximum absolute atomic E-state index is 14.7. The van der Waals surface area contributed by atoms with Crippen LogP contribution in [0.15, 0.2) is 155 Å². The second-order valence-corrected chi connectivity index (χ2v) is 27.3. The zero-order valence-electron chi connectivity index (χ0n) is 52.3. The van der Waals surface area contributed by atoms with Crippen molar-refractivity contribution in [3.05, 3.63) is 192 Å². The molecule has 7 aromatic heterocycles. The molecule has 508 valence electrons. The summed E-state index contributed by atoms with van der Waals surface area (Å²) in [4.78, 5) is 115. The van der Waals surface area contributed by atoms with Crippen LogP contribution >= 0.6 is 77.5 Å². The van der Waals surface area contributed by atoms with Gasteiger partial charge in [-0.1, -0.05) is 67.7 Å². The van der Waals surface area contributed by atoms with Gasteiger partial charge in [0.2, 0.25) is 0 Å². The number of aromatic carboxylic acids is 1. The number of pyridine rings is 1. The van der Waals surface area contributed by atoms with Gasteiger partial charge in [0, 0.05) is 52.2 Å². The van der Waals surface area contributed by atoms with Gasteiger partial charge in [-0.25, -0.2) is 68.2 Å². The van der Waals surface area contributed by atoms with Gasteiger partial charge in [-0.2, -0.15) is 0 Å². The number of carbonyl (C=O) groups excluding carboxylic acids is 5. The molecule has 0 unspecified atom stereocenters. The SMILES string of the molecule is COc1ccc(NC(=O)c2sc3ncnc4c3c2NC(=O)N4c2ccc(Br)cc2F)cc1OC.O=C(Nc1ccc(CN2CCOCC2)cc1)c1sc2ncnc3c2c1NC(=O)N3c1cccc(Br)c1.O=C(O)c1sc2ncnc3c2c1NC(=O)N3c1ccc(OCc2ccccn2)c(Cl)c1. The normalized spacial score (nSPS) is 13.7. The predicted octanol–water partition coefficient (Wildman–Crippen LogP) is 15.5. The smallest absolute Gasteiger partial charge is 0.348 e. The third-order valence-corrected chi connectivity index (χ3v) is 20.4. The molecule has 1 fully saturated rings. The summed E-state index contributed by atoms with van der Waals surface area (Å²) in [6.45, 7) is 4.45. The van der Waals surface area contributed by atoms with Crippen molar-refractivity contribution in [1.29, 1.82) is 0 Å². The Bertz CT molecular complexity index is 5330. The van der Waals surface area contributed by atoms with Crippen molar-refractivity contribution in [3.8, 4) is 17.2 Å². The van der Waals surface area contributed by atoms with Crippen molar-refractivity contribution in [2.24, 2.45) is 0 Å². The molecule has 27 nitrogen and oxygen atoms in total. The molecule has 12 aromatic rings. The number of nitrogens with one attached hydrogen (secondary N) is 5. The number of methoxy groups -OCH3 is 2. The number of rotatable bonds is 15. The summed E-state index contributed by atoms with van der Waals surface area (Å²) >= 11 is 16.4. The molecule has 8 amide bonds. The molecule has 11 heterocycles. The largest absolute Gasteiger partial charge is 0.493 e. The van der Waals surface area contributed by atoms with Gasteiger partial charge in [-0.05, 0) is 96.6 Å². The Hall–Kier alpha value is -10.9. The van der Waals surface area contributed by atoms with E-state index in [4.69, 9.17) is 30.5 Å². The van der Waals surface area contributed by atoms with E-state index < -0.39 is 29.8 Å². The Kier molecular flexibility index (Phi) is 19.1. The first kappa shape index (κ1) is 67.3. The van der Waals surface area contributed by atoms with E-state index in [9.17, 15) is 38.3 Å². The van der Waals surface area contributed by atoms with Gasteiger partial charge in [-0.3, -0.25) is 19.5 Å². The van der Waals surface area contributed by atoms with Crippen molar-refractivity contribution < 1.29 is 57.2 Å². The molecule has 101 heavy (non-hydrogen) atoms. The average molecular weight is 1560 g/mol. The maximum atomic E-state index is 14.7. The number of hydrogen-bond donors (Lipinski definition) is 6. The average Bonchev–Trinajstić information content (AvgIpc) is 1.63. The molecule has 16 rings (SSSR count). The van der Waals surface area contributed by atoms with Crippen molar-refractivity contribution in [1.82, 2.24) is 39.8 Å². The number of amides is 8. The molecular formula is C67H48Br2ClFN16O11S3. The highest BCUT2D eigenvalue weighted by atomic mass is 79.9. The van der Waals surface area contributed by atoms with Crippen LogP contribution in [0.2, 0.25) is 5.02 Å². The Morgan fingerprint density at radius 3 is 1.70 bits per heavy atom. The molecule has 4 aliphatic heterocycles. The van der Waals surface area contributed by atoms with Gasteiger partial charge in [0.1, 0.15) is 66.3 Å². The molecule has 5 aromatic carbocycles. The molecule has 0 spiro atoms. The Balaban J connectivity index is 0.000000129. The van der Waals surface area contributed by atoms with Crippen LogP contribution in [0.25, 0.3) is 30.6 Å². The van der Waals surface area contributed by atoms with E-state index in [1.807, 2.05) is 66.7 Å². The number of hydrogen-bond acceptors (Lipinski definition) is 21. The Labute approximate surface area is 604 Å². The second kappa shape index (κ2) is 28.7. The summed E-state index contributed by atoms with van der Waals surface area (Å²) in [6, 6.07) is 33.3. The van der Waals surface area contributed by atoms with Crippen LogP contribution in [0, 0.1) is 5.82 Å². The number of benzene rings is 5. The van der Waals surface area contributed by atoms with Crippen molar-refractivity contribution in [2.75, 3.05) is 81.8 Å². The van der Waals surface area contributed by atoms with Crippen LogP contribution in [0.4, 0.5) is 81.7 Å². The second-order valence-electron chi connectivity index (χ2n) is 22.0. The molecule has 6 N–H and O–H groups in total. The Morgan fingerprint density at radius 2 is 1.14 bits per heavy atom. The number of carboxylic acid groups (broad SMARTS) is 1. The quantitative estimate of drug-likeness (QED) is 0.0555. The van der Waals surface area contributed by atoms with Crippen LogP contribution in [0.5, 0.6) is 17.2 Å². The minimum atomic E-state index is -1.14. The molecule has 4 aliphatic rings. The topological polar surface area (TPSA) is 323 Å². The number of morpholine rings is 1. The van der Waals surface area contributed by atoms with E-state index in [1.165, 1.54) is 72.0 Å². The van der Waals surface area contributed by atoms with Gasteiger partial charge in [-0.15, -0.1) is 34.0 Å². The van der Waals surface area contributed by atoms with Crippen LogP contribution in [-0.4, -0.2) is 121 Å². The van der Waals surface area contributed by atoms with Crippen LogP contribution < -0.4 is 55.5 Å². The van der Waals surface area contributed by atoms with Gasteiger partial charge < -0.3 is 50.6 Å². The maximum Gasteiger partial charge on any atom is 0.348 e. The fourth-order valence-electron chi connectivity index (χ4n) is 11.2. The van der Waals surface area contributed by atoms with E-state index in [0.717, 1.165) is 70.6 Å². The summed E-state index contributed by atoms with van der Waals surface area (Å²) in [5.74, 6) is -0.203. The molecular weight excluding hydrogens is 1520 g/mol. The van der Waals surface area contributed by atoms with E-state index in [2.05, 4.69) is 98.2 Å². The molecule has 0 bridgehead atoms. The number of halogens is 4. The van der Waals surface area contributed by atoms with Crippen molar-refractivity contribution in [3.63, 3.8) is 0 Å².